The summed E-state index contributed by atoms with van der Waals surface area (Å²) in [5.74, 6) is 0.327. The van der Waals surface area contributed by atoms with Gasteiger partial charge in [0.05, 0.1) is 0 Å². The third kappa shape index (κ3) is 3.23. The molecule has 3 rings (SSSR count). The van der Waals surface area contributed by atoms with Gasteiger partial charge in [-0.05, 0) is 31.6 Å². The molecule has 2 saturated heterocycles. The second-order valence-electron chi connectivity index (χ2n) is 7.26. The van der Waals surface area contributed by atoms with Crippen molar-refractivity contribution in [2.24, 2.45) is 5.92 Å². The van der Waals surface area contributed by atoms with E-state index in [-0.39, 0.29) is 23.9 Å². The number of alkyl halides is 1. The van der Waals surface area contributed by atoms with Gasteiger partial charge in [-0.2, -0.15) is 0 Å². The molecule has 0 aromatic carbocycles. The van der Waals surface area contributed by atoms with Crippen LogP contribution in [0.3, 0.4) is 0 Å². The van der Waals surface area contributed by atoms with Gasteiger partial charge in [0.2, 0.25) is 0 Å². The van der Waals surface area contributed by atoms with E-state index in [1.807, 2.05) is 11.0 Å². The van der Waals surface area contributed by atoms with Gasteiger partial charge in [-0.25, -0.2) is 14.4 Å². The van der Waals surface area contributed by atoms with Gasteiger partial charge in [-0.1, -0.05) is 20.8 Å². The fourth-order valence-corrected chi connectivity index (χ4v) is 3.83. The number of carbonyl (C=O) groups is 1. The van der Waals surface area contributed by atoms with Crippen LogP contribution in [-0.4, -0.2) is 52.1 Å². The average Bonchev–Trinajstić information content (AvgIpc) is 2.59. The van der Waals surface area contributed by atoms with E-state index in [1.54, 1.807) is 20.2 Å². The fourth-order valence-electron chi connectivity index (χ4n) is 3.83. The molecule has 0 radical (unpaired) electrons. The molecular weight excluding hydrogens is 307 g/mol. The summed E-state index contributed by atoms with van der Waals surface area (Å²) in [4.78, 5) is 25.3. The third-order valence-electron chi connectivity index (χ3n) is 5.19. The first-order valence-electron chi connectivity index (χ1n) is 9.03. The highest BCUT2D eigenvalue weighted by Crippen LogP contribution is 2.32. The highest BCUT2D eigenvalue weighted by molar-refractivity contribution is 5.82. The lowest BCUT2D eigenvalue weighted by Gasteiger charge is -2.51. The molecule has 2 aliphatic heterocycles. The molecular formula is C18H27FN4O. The Bertz CT molecular complexity index is 580. The lowest BCUT2D eigenvalue weighted by molar-refractivity contribution is -0.146. The summed E-state index contributed by atoms with van der Waals surface area (Å²) in [5.41, 5.74) is 1.02. The van der Waals surface area contributed by atoms with Crippen molar-refractivity contribution in [3.8, 4) is 0 Å². The monoisotopic (exact) mass is 334 g/mol. The molecule has 6 heteroatoms. The molecule has 1 amide bonds. The maximum atomic E-state index is 14.3. The number of piperazine rings is 1. The van der Waals surface area contributed by atoms with Crippen molar-refractivity contribution in [2.75, 3.05) is 18.0 Å². The Morgan fingerprint density at radius 2 is 1.96 bits per heavy atom. The average molecular weight is 334 g/mol. The Morgan fingerprint density at radius 3 is 2.54 bits per heavy atom. The van der Waals surface area contributed by atoms with Gasteiger partial charge in [0.1, 0.15) is 12.1 Å². The maximum Gasteiger partial charge on any atom is 0.258 e. The Morgan fingerprint density at radius 1 is 1.29 bits per heavy atom. The first-order chi connectivity index (χ1) is 11.5. The number of aryl methyl sites for hydroxylation is 1. The van der Waals surface area contributed by atoms with Gasteiger partial charge in [-0.3, -0.25) is 4.79 Å². The van der Waals surface area contributed by atoms with Gasteiger partial charge in [0.15, 0.2) is 6.17 Å². The van der Waals surface area contributed by atoms with Gasteiger partial charge < -0.3 is 9.80 Å². The molecule has 0 spiro atoms. The van der Waals surface area contributed by atoms with Crippen molar-refractivity contribution < 1.29 is 9.18 Å². The second kappa shape index (κ2) is 7.03. The summed E-state index contributed by atoms with van der Waals surface area (Å²) in [7, 11) is 0. The van der Waals surface area contributed by atoms with E-state index in [2.05, 4.69) is 21.8 Å². The minimum Gasteiger partial charge on any atom is -0.352 e. The minimum atomic E-state index is -1.40. The molecule has 2 fully saturated rings. The molecule has 2 aliphatic rings. The van der Waals surface area contributed by atoms with Crippen LogP contribution in [0.4, 0.5) is 10.2 Å². The molecule has 3 unspecified atom stereocenters. The quantitative estimate of drug-likeness (QED) is 0.849. The molecule has 24 heavy (non-hydrogen) atoms. The number of halogens is 1. The van der Waals surface area contributed by atoms with Crippen LogP contribution in [0, 0.1) is 5.92 Å². The number of piperidine rings is 1. The fraction of sp³-hybridized carbons (Fsp3) is 0.722. The largest absolute Gasteiger partial charge is 0.352 e. The lowest BCUT2D eigenvalue weighted by Crippen LogP contribution is -2.64. The number of hydrogen-bond acceptors (Lipinski definition) is 4. The van der Waals surface area contributed by atoms with Gasteiger partial charge in [0.25, 0.3) is 5.91 Å². The summed E-state index contributed by atoms with van der Waals surface area (Å²) in [6.45, 7) is 7.06. The van der Waals surface area contributed by atoms with Crippen molar-refractivity contribution in [1.82, 2.24) is 14.9 Å². The number of fused-ring (bicyclic) bond motifs is 2. The van der Waals surface area contributed by atoms with Gasteiger partial charge in [0, 0.05) is 36.9 Å². The first-order valence-corrected chi connectivity index (χ1v) is 9.03. The standard InChI is InChI=1S/C18H27FN4O/c1-4-13-8-16(21-11-20-13)22-9-14-6-5-7-15(10-22)23(14)18(24)17(19)12(2)3/h8,11-12,14-15,17H,4-7,9-10H2,1-3H3. The zero-order chi connectivity index (χ0) is 17.3. The van der Waals surface area contributed by atoms with E-state index in [9.17, 15) is 9.18 Å². The van der Waals surface area contributed by atoms with E-state index >= 15 is 0 Å². The summed E-state index contributed by atoms with van der Waals surface area (Å²) in [5, 5.41) is 0. The summed E-state index contributed by atoms with van der Waals surface area (Å²) < 4.78 is 14.3. The molecule has 0 N–H and O–H groups in total. The van der Waals surface area contributed by atoms with Crippen molar-refractivity contribution in [3.63, 3.8) is 0 Å². The normalized spacial score (nSPS) is 25.0. The number of rotatable bonds is 4. The number of amides is 1. The van der Waals surface area contributed by atoms with Gasteiger partial charge in [-0.15, -0.1) is 0 Å². The number of anilines is 1. The minimum absolute atomic E-state index is 0.0852. The second-order valence-corrected chi connectivity index (χ2v) is 7.26. The first kappa shape index (κ1) is 17.1. The van der Waals surface area contributed by atoms with E-state index in [0.29, 0.717) is 0 Å². The van der Waals surface area contributed by atoms with Crippen LogP contribution in [-0.2, 0) is 11.2 Å². The molecule has 1 aromatic heterocycles. The van der Waals surface area contributed by atoms with Crippen molar-refractivity contribution >= 4 is 11.7 Å². The molecule has 3 heterocycles. The van der Waals surface area contributed by atoms with Gasteiger partial charge >= 0.3 is 0 Å². The Balaban J connectivity index is 1.79. The van der Waals surface area contributed by atoms with Crippen molar-refractivity contribution in [3.05, 3.63) is 18.1 Å². The lowest BCUT2D eigenvalue weighted by atomic mass is 9.90. The molecule has 3 atom stereocenters. The Labute approximate surface area is 143 Å². The van der Waals surface area contributed by atoms with E-state index in [1.165, 1.54) is 0 Å². The summed E-state index contributed by atoms with van der Waals surface area (Å²) in [6, 6.07) is 2.20. The van der Waals surface area contributed by atoms with E-state index in [0.717, 1.165) is 50.3 Å². The highest BCUT2D eigenvalue weighted by Gasteiger charge is 2.43. The van der Waals surface area contributed by atoms with Crippen LogP contribution in [0.25, 0.3) is 0 Å². The zero-order valence-corrected chi connectivity index (χ0v) is 14.8. The molecule has 1 aromatic rings. The number of hydrogen-bond donors (Lipinski definition) is 0. The highest BCUT2D eigenvalue weighted by atomic mass is 19.1. The van der Waals surface area contributed by atoms with E-state index in [4.69, 9.17) is 0 Å². The molecule has 2 bridgehead atoms. The number of nitrogens with zero attached hydrogens (tertiary/aromatic N) is 4. The van der Waals surface area contributed by atoms with Crippen LogP contribution in [0.1, 0.15) is 45.7 Å². The number of aromatic nitrogens is 2. The summed E-state index contributed by atoms with van der Waals surface area (Å²) in [6.07, 6.45) is 4.07. The Kier molecular flexibility index (Phi) is 5.01. The third-order valence-corrected chi connectivity index (χ3v) is 5.19. The molecule has 132 valence electrons. The van der Waals surface area contributed by atoms with Crippen molar-refractivity contribution in [2.45, 2.75) is 64.7 Å². The Hall–Kier alpha value is -1.72. The van der Waals surface area contributed by atoms with Crippen molar-refractivity contribution in [1.29, 1.82) is 0 Å². The zero-order valence-electron chi connectivity index (χ0n) is 14.8. The SMILES string of the molecule is CCc1cc(N2CC3CCCC(C2)N3C(=O)C(F)C(C)C)ncn1. The number of carbonyl (C=O) groups excluding carboxylic acids is 1. The topological polar surface area (TPSA) is 49.3 Å². The predicted octanol–water partition coefficient (Wildman–Crippen LogP) is 2.60. The van der Waals surface area contributed by atoms with Crippen LogP contribution in [0.2, 0.25) is 0 Å². The van der Waals surface area contributed by atoms with Crippen LogP contribution in [0.5, 0.6) is 0 Å². The van der Waals surface area contributed by atoms with Crippen LogP contribution >= 0.6 is 0 Å². The molecule has 5 nitrogen and oxygen atoms in total. The van der Waals surface area contributed by atoms with Crippen LogP contribution < -0.4 is 4.90 Å². The maximum absolute atomic E-state index is 14.3. The molecule has 0 aliphatic carbocycles. The van der Waals surface area contributed by atoms with Crippen LogP contribution in [0.15, 0.2) is 12.4 Å². The summed E-state index contributed by atoms with van der Waals surface area (Å²) >= 11 is 0. The molecule has 0 saturated carbocycles. The van der Waals surface area contributed by atoms with E-state index < -0.39 is 6.17 Å². The predicted molar refractivity (Wildman–Crippen MR) is 91.6 cm³/mol. The smallest absolute Gasteiger partial charge is 0.258 e.